The predicted octanol–water partition coefficient (Wildman–Crippen LogP) is 1.24. The number of aromatic nitrogens is 2. The maximum absolute atomic E-state index is 12.2. The molecule has 0 bridgehead atoms. The minimum atomic E-state index is -1.07. The number of aryl methyl sites for hydroxylation is 1. The van der Waals surface area contributed by atoms with Crippen LogP contribution in [0.3, 0.4) is 0 Å². The van der Waals surface area contributed by atoms with Gasteiger partial charge in [0.2, 0.25) is 17.6 Å². The monoisotopic (exact) mass is 363 g/mol. The quantitative estimate of drug-likeness (QED) is 0.670. The Hall–Kier alpha value is -2.94. The molecule has 2 rings (SSSR count). The Labute approximate surface area is 150 Å². The molecule has 1 N–H and O–H groups in total. The molecule has 9 heteroatoms. The van der Waals surface area contributed by atoms with Crippen LogP contribution in [-0.4, -0.2) is 65.9 Å². The van der Waals surface area contributed by atoms with Crippen LogP contribution >= 0.6 is 0 Å². The summed E-state index contributed by atoms with van der Waals surface area (Å²) in [6.45, 7) is 0.104. The van der Waals surface area contributed by atoms with E-state index in [9.17, 15) is 9.59 Å². The summed E-state index contributed by atoms with van der Waals surface area (Å²) in [7, 11) is 3.07. The van der Waals surface area contributed by atoms with E-state index in [4.69, 9.17) is 19.1 Å². The molecule has 2 aromatic rings. The lowest BCUT2D eigenvalue weighted by Gasteiger charge is -2.19. The summed E-state index contributed by atoms with van der Waals surface area (Å²) in [5, 5.41) is 12.8. The number of rotatable bonds is 10. The van der Waals surface area contributed by atoms with Gasteiger partial charge in [0.25, 0.3) is 0 Å². The first-order chi connectivity index (χ1) is 12.5. The van der Waals surface area contributed by atoms with Gasteiger partial charge in [0.05, 0.1) is 13.7 Å². The fourth-order valence-electron chi connectivity index (χ4n) is 2.24. The number of hydrogen-bond acceptors (Lipinski definition) is 7. The van der Waals surface area contributed by atoms with E-state index in [1.54, 1.807) is 31.4 Å². The summed E-state index contributed by atoms with van der Waals surface area (Å²) in [5.41, 5.74) is 0.764. The zero-order valence-electron chi connectivity index (χ0n) is 14.7. The minimum absolute atomic E-state index is 0.0707. The van der Waals surface area contributed by atoms with Crippen molar-refractivity contribution in [3.8, 4) is 17.1 Å². The highest BCUT2D eigenvalue weighted by Gasteiger charge is 2.18. The topological polar surface area (TPSA) is 115 Å². The number of carbonyl (C=O) groups is 2. The van der Waals surface area contributed by atoms with Gasteiger partial charge in [-0.05, 0) is 24.3 Å². The molecule has 0 aliphatic rings. The van der Waals surface area contributed by atoms with E-state index in [0.29, 0.717) is 11.7 Å². The number of aliphatic carboxylic acids is 1. The van der Waals surface area contributed by atoms with E-state index in [1.807, 2.05) is 0 Å². The average molecular weight is 363 g/mol. The van der Waals surface area contributed by atoms with Crippen molar-refractivity contribution in [3.63, 3.8) is 0 Å². The van der Waals surface area contributed by atoms with Crippen LogP contribution in [0.5, 0.6) is 5.75 Å². The molecular weight excluding hydrogens is 342 g/mol. The first-order valence-electron chi connectivity index (χ1n) is 7.99. The molecule has 0 atom stereocenters. The standard InChI is InChI=1S/C17H21N3O6/c1-24-10-9-20(11-16(22)23)15(21)8-7-14-18-17(19-26-14)12-3-5-13(25-2)6-4-12/h3-6H,7-11H2,1-2H3,(H,22,23). The van der Waals surface area contributed by atoms with Crippen LogP contribution in [0.15, 0.2) is 28.8 Å². The van der Waals surface area contributed by atoms with E-state index in [1.165, 1.54) is 12.0 Å². The van der Waals surface area contributed by atoms with Gasteiger partial charge in [-0.15, -0.1) is 0 Å². The summed E-state index contributed by atoms with van der Waals surface area (Å²) >= 11 is 0. The molecule has 0 fully saturated rings. The van der Waals surface area contributed by atoms with E-state index >= 15 is 0 Å². The van der Waals surface area contributed by atoms with E-state index in [-0.39, 0.29) is 38.4 Å². The molecule has 0 spiro atoms. The number of methoxy groups -OCH3 is 2. The van der Waals surface area contributed by atoms with Crippen molar-refractivity contribution in [3.05, 3.63) is 30.2 Å². The minimum Gasteiger partial charge on any atom is -0.497 e. The first kappa shape index (κ1) is 19.4. The lowest BCUT2D eigenvalue weighted by atomic mass is 10.2. The smallest absolute Gasteiger partial charge is 0.323 e. The highest BCUT2D eigenvalue weighted by atomic mass is 16.5. The van der Waals surface area contributed by atoms with Gasteiger partial charge in [-0.3, -0.25) is 9.59 Å². The lowest BCUT2D eigenvalue weighted by molar-refractivity contribution is -0.144. The van der Waals surface area contributed by atoms with Crippen molar-refractivity contribution >= 4 is 11.9 Å². The molecule has 0 aliphatic heterocycles. The maximum Gasteiger partial charge on any atom is 0.323 e. The van der Waals surface area contributed by atoms with E-state index in [2.05, 4.69) is 10.1 Å². The second-order valence-electron chi connectivity index (χ2n) is 5.44. The molecule has 1 aromatic heterocycles. The Kier molecular flexibility index (Phi) is 7.10. The zero-order valence-corrected chi connectivity index (χ0v) is 14.7. The van der Waals surface area contributed by atoms with Crippen LogP contribution in [0.25, 0.3) is 11.4 Å². The number of carboxylic acids is 1. The highest BCUT2D eigenvalue weighted by molar-refractivity contribution is 5.81. The molecular formula is C17H21N3O6. The number of carboxylic acid groups (broad SMARTS) is 1. The molecule has 0 radical (unpaired) electrons. The van der Waals surface area contributed by atoms with Gasteiger partial charge < -0.3 is 24.0 Å². The largest absolute Gasteiger partial charge is 0.497 e. The second-order valence-corrected chi connectivity index (χ2v) is 5.44. The zero-order chi connectivity index (χ0) is 18.9. The fourth-order valence-corrected chi connectivity index (χ4v) is 2.24. The summed E-state index contributed by atoms with van der Waals surface area (Å²) in [6, 6.07) is 7.18. The molecule has 0 saturated heterocycles. The number of carbonyl (C=O) groups excluding carboxylic acids is 1. The van der Waals surface area contributed by atoms with Gasteiger partial charge in [0.1, 0.15) is 12.3 Å². The maximum atomic E-state index is 12.2. The van der Waals surface area contributed by atoms with E-state index < -0.39 is 5.97 Å². The Bertz CT molecular complexity index is 728. The van der Waals surface area contributed by atoms with Gasteiger partial charge in [0, 0.05) is 32.1 Å². The van der Waals surface area contributed by atoms with Crippen LogP contribution < -0.4 is 4.74 Å². The van der Waals surface area contributed by atoms with Crippen LogP contribution in [0.1, 0.15) is 12.3 Å². The Balaban J connectivity index is 1.94. The van der Waals surface area contributed by atoms with Crippen molar-refractivity contribution in [1.82, 2.24) is 15.0 Å². The van der Waals surface area contributed by atoms with Crippen molar-refractivity contribution in [2.75, 3.05) is 33.9 Å². The molecule has 26 heavy (non-hydrogen) atoms. The van der Waals surface area contributed by atoms with Gasteiger partial charge in [-0.2, -0.15) is 4.98 Å². The molecule has 1 aromatic carbocycles. The summed E-state index contributed by atoms with van der Waals surface area (Å²) in [6.07, 6.45) is 0.298. The number of ether oxygens (including phenoxy) is 2. The fraction of sp³-hybridized carbons (Fsp3) is 0.412. The molecule has 9 nitrogen and oxygen atoms in total. The Morgan fingerprint density at radius 2 is 1.96 bits per heavy atom. The third-order valence-corrected chi connectivity index (χ3v) is 3.61. The third kappa shape index (κ3) is 5.55. The average Bonchev–Trinajstić information content (AvgIpc) is 3.12. The molecule has 0 aliphatic carbocycles. The van der Waals surface area contributed by atoms with Crippen molar-refractivity contribution in [1.29, 1.82) is 0 Å². The predicted molar refractivity (Wildman–Crippen MR) is 90.7 cm³/mol. The van der Waals surface area contributed by atoms with Crippen LogP contribution in [0, 0.1) is 0 Å². The van der Waals surface area contributed by atoms with Crippen LogP contribution in [0.2, 0.25) is 0 Å². The molecule has 1 amide bonds. The van der Waals surface area contributed by atoms with Gasteiger partial charge in [-0.25, -0.2) is 0 Å². The Morgan fingerprint density at radius 3 is 2.58 bits per heavy atom. The van der Waals surface area contributed by atoms with Crippen molar-refractivity contribution in [2.24, 2.45) is 0 Å². The van der Waals surface area contributed by atoms with Gasteiger partial charge in [-0.1, -0.05) is 5.16 Å². The number of benzene rings is 1. The number of hydrogen-bond donors (Lipinski definition) is 1. The summed E-state index contributed by atoms with van der Waals surface area (Å²) in [4.78, 5) is 28.6. The highest BCUT2D eigenvalue weighted by Crippen LogP contribution is 2.20. The SMILES string of the molecule is COCCN(CC(=O)O)C(=O)CCc1nc(-c2ccc(OC)cc2)no1. The second kappa shape index (κ2) is 9.52. The molecule has 140 valence electrons. The first-order valence-corrected chi connectivity index (χ1v) is 7.99. The number of amides is 1. The Morgan fingerprint density at radius 1 is 1.23 bits per heavy atom. The normalized spacial score (nSPS) is 10.5. The summed E-state index contributed by atoms with van der Waals surface area (Å²) < 4.78 is 15.2. The number of nitrogens with zero attached hydrogens (tertiary/aromatic N) is 3. The molecule has 0 unspecified atom stereocenters. The van der Waals surface area contributed by atoms with E-state index in [0.717, 1.165) is 11.3 Å². The molecule has 1 heterocycles. The lowest BCUT2D eigenvalue weighted by Crippen LogP contribution is -2.38. The van der Waals surface area contributed by atoms with Crippen molar-refractivity contribution in [2.45, 2.75) is 12.8 Å². The van der Waals surface area contributed by atoms with Gasteiger partial charge in [0.15, 0.2) is 0 Å². The van der Waals surface area contributed by atoms with Crippen molar-refractivity contribution < 1.29 is 28.7 Å². The third-order valence-electron chi connectivity index (χ3n) is 3.61. The van der Waals surface area contributed by atoms with Crippen LogP contribution in [-0.2, 0) is 20.7 Å². The molecule has 0 saturated carbocycles. The summed E-state index contributed by atoms with van der Waals surface area (Å²) in [5.74, 6) is 0.0587. The van der Waals surface area contributed by atoms with Gasteiger partial charge >= 0.3 is 5.97 Å². The van der Waals surface area contributed by atoms with Crippen LogP contribution in [0.4, 0.5) is 0 Å².